The fourth-order valence-corrected chi connectivity index (χ4v) is 2.41. The van der Waals surface area contributed by atoms with Crippen molar-refractivity contribution in [1.29, 1.82) is 0 Å². The van der Waals surface area contributed by atoms with Crippen LogP contribution in [0.5, 0.6) is 0 Å². The van der Waals surface area contributed by atoms with Gasteiger partial charge in [-0.1, -0.05) is 24.3 Å². The molecule has 4 heteroatoms. The molecule has 1 aromatic carbocycles. The molecule has 1 atom stereocenters. The Morgan fingerprint density at radius 1 is 1.41 bits per heavy atom. The van der Waals surface area contributed by atoms with Crippen LogP contribution in [0.1, 0.15) is 30.5 Å². The van der Waals surface area contributed by atoms with Gasteiger partial charge in [-0.05, 0) is 17.5 Å². The number of hydrogen-bond donors (Lipinski definition) is 0. The van der Waals surface area contributed by atoms with Crippen molar-refractivity contribution in [3.05, 3.63) is 35.4 Å². The summed E-state index contributed by atoms with van der Waals surface area (Å²) in [7, 11) is 0. The smallest absolute Gasteiger partial charge is 0.219 e. The standard InChI is InChI=1S/C13H15NO3/c1-9(15)14-7-6-10-4-2-3-5-11(10)12(14)8-13(16)17/h2-5,12H,6-8H2,1H3,(H,16,17)/p-1. The zero-order valence-electron chi connectivity index (χ0n) is 9.68. The lowest BCUT2D eigenvalue weighted by Crippen LogP contribution is -2.41. The lowest BCUT2D eigenvalue weighted by molar-refractivity contribution is -0.306. The van der Waals surface area contributed by atoms with Crippen LogP contribution in [0.3, 0.4) is 0 Å². The Morgan fingerprint density at radius 3 is 2.76 bits per heavy atom. The molecule has 0 aromatic heterocycles. The monoisotopic (exact) mass is 232 g/mol. The summed E-state index contributed by atoms with van der Waals surface area (Å²) in [4.78, 5) is 23.9. The van der Waals surface area contributed by atoms with Crippen LogP contribution in [0.4, 0.5) is 0 Å². The van der Waals surface area contributed by atoms with Crippen LogP contribution in [0, 0.1) is 0 Å². The normalized spacial score (nSPS) is 18.6. The van der Waals surface area contributed by atoms with Crippen molar-refractivity contribution in [1.82, 2.24) is 4.90 Å². The number of nitrogens with zero attached hydrogens (tertiary/aromatic N) is 1. The largest absolute Gasteiger partial charge is 0.550 e. The summed E-state index contributed by atoms with van der Waals surface area (Å²) in [6.07, 6.45) is 0.635. The molecule has 4 nitrogen and oxygen atoms in total. The quantitative estimate of drug-likeness (QED) is 0.735. The van der Waals surface area contributed by atoms with Gasteiger partial charge < -0.3 is 14.8 Å². The molecule has 0 spiro atoms. The number of rotatable bonds is 2. The van der Waals surface area contributed by atoms with Gasteiger partial charge in [-0.25, -0.2) is 0 Å². The van der Waals surface area contributed by atoms with Gasteiger partial charge in [0.05, 0.1) is 6.04 Å². The summed E-state index contributed by atoms with van der Waals surface area (Å²) < 4.78 is 0. The van der Waals surface area contributed by atoms with Crippen molar-refractivity contribution in [2.24, 2.45) is 0 Å². The first kappa shape index (κ1) is 11.6. The number of hydrogen-bond acceptors (Lipinski definition) is 3. The van der Waals surface area contributed by atoms with Crippen LogP contribution in [0.25, 0.3) is 0 Å². The Kier molecular flexibility index (Phi) is 3.13. The van der Waals surface area contributed by atoms with Gasteiger partial charge in [0.25, 0.3) is 0 Å². The van der Waals surface area contributed by atoms with Gasteiger partial charge in [-0.3, -0.25) is 4.79 Å². The van der Waals surface area contributed by atoms with Crippen molar-refractivity contribution < 1.29 is 14.7 Å². The second-order valence-electron chi connectivity index (χ2n) is 4.25. The molecular weight excluding hydrogens is 218 g/mol. The van der Waals surface area contributed by atoms with Crippen LogP contribution in [-0.2, 0) is 16.0 Å². The third kappa shape index (κ3) is 2.30. The van der Waals surface area contributed by atoms with E-state index in [0.717, 1.165) is 17.5 Å². The second-order valence-corrected chi connectivity index (χ2v) is 4.25. The van der Waals surface area contributed by atoms with E-state index in [4.69, 9.17) is 0 Å². The lowest BCUT2D eigenvalue weighted by atomic mass is 9.91. The molecule has 1 aliphatic heterocycles. The maximum Gasteiger partial charge on any atom is 0.219 e. The van der Waals surface area contributed by atoms with Crippen LogP contribution in [-0.4, -0.2) is 23.3 Å². The van der Waals surface area contributed by atoms with Crippen LogP contribution in [0.2, 0.25) is 0 Å². The predicted octanol–water partition coefficient (Wildman–Crippen LogP) is 0.272. The highest BCUT2D eigenvalue weighted by atomic mass is 16.4. The molecule has 0 bridgehead atoms. The molecule has 0 saturated heterocycles. The first-order valence-corrected chi connectivity index (χ1v) is 5.64. The highest BCUT2D eigenvalue weighted by Crippen LogP contribution is 2.31. The van der Waals surface area contributed by atoms with E-state index in [0.29, 0.717) is 6.54 Å². The molecule has 1 heterocycles. The average molecular weight is 232 g/mol. The zero-order chi connectivity index (χ0) is 12.4. The second kappa shape index (κ2) is 4.57. The van der Waals surface area contributed by atoms with Crippen LogP contribution in [0.15, 0.2) is 24.3 Å². The van der Waals surface area contributed by atoms with Gasteiger partial charge in [-0.15, -0.1) is 0 Å². The number of amides is 1. The number of carboxylic acid groups (broad SMARTS) is 1. The highest BCUT2D eigenvalue weighted by Gasteiger charge is 2.28. The number of carbonyl (C=O) groups excluding carboxylic acids is 2. The van der Waals surface area contributed by atoms with Crippen molar-refractivity contribution >= 4 is 11.9 Å². The summed E-state index contributed by atoms with van der Waals surface area (Å²) >= 11 is 0. The van der Waals surface area contributed by atoms with Crippen LogP contribution < -0.4 is 5.11 Å². The van der Waals surface area contributed by atoms with Gasteiger partial charge in [0.1, 0.15) is 0 Å². The number of benzene rings is 1. The maximum atomic E-state index is 11.5. The molecule has 90 valence electrons. The van der Waals surface area contributed by atoms with E-state index in [1.807, 2.05) is 24.3 Å². The third-order valence-electron chi connectivity index (χ3n) is 3.18. The topological polar surface area (TPSA) is 60.4 Å². The van der Waals surface area contributed by atoms with E-state index < -0.39 is 5.97 Å². The molecule has 2 rings (SSSR count). The summed E-state index contributed by atoms with van der Waals surface area (Å²) in [6, 6.07) is 7.28. The minimum atomic E-state index is -1.13. The Hall–Kier alpha value is -1.84. The minimum absolute atomic E-state index is 0.0919. The molecule has 0 saturated carbocycles. The summed E-state index contributed by atoms with van der Waals surface area (Å²) in [5, 5.41) is 10.8. The molecule has 0 fully saturated rings. The first-order valence-electron chi connectivity index (χ1n) is 5.64. The number of carbonyl (C=O) groups is 2. The van der Waals surface area contributed by atoms with E-state index in [9.17, 15) is 14.7 Å². The summed E-state index contributed by atoms with van der Waals surface area (Å²) in [5.41, 5.74) is 2.05. The Balaban J connectivity index is 2.38. The van der Waals surface area contributed by atoms with Gasteiger partial charge in [0, 0.05) is 25.9 Å². The fraction of sp³-hybridized carbons (Fsp3) is 0.385. The van der Waals surface area contributed by atoms with Crippen molar-refractivity contribution in [3.63, 3.8) is 0 Å². The molecule has 0 aliphatic carbocycles. The lowest BCUT2D eigenvalue weighted by Gasteiger charge is -2.37. The van der Waals surface area contributed by atoms with Gasteiger partial charge in [0.15, 0.2) is 0 Å². The summed E-state index contributed by atoms with van der Waals surface area (Å²) in [6.45, 7) is 2.04. The molecule has 1 unspecified atom stereocenters. The summed E-state index contributed by atoms with van der Waals surface area (Å²) in [5.74, 6) is -1.22. The molecule has 1 aromatic rings. The Labute approximate surface area is 99.9 Å². The number of aliphatic carboxylic acids is 1. The third-order valence-corrected chi connectivity index (χ3v) is 3.18. The molecule has 1 aliphatic rings. The number of carboxylic acids is 1. The predicted molar refractivity (Wildman–Crippen MR) is 59.9 cm³/mol. The minimum Gasteiger partial charge on any atom is -0.550 e. The highest BCUT2D eigenvalue weighted by molar-refractivity contribution is 5.76. The van der Waals surface area contributed by atoms with Crippen molar-refractivity contribution in [2.75, 3.05) is 6.54 Å². The van der Waals surface area contributed by atoms with Crippen molar-refractivity contribution in [3.8, 4) is 0 Å². The fourth-order valence-electron chi connectivity index (χ4n) is 2.41. The molecule has 1 amide bonds. The first-order chi connectivity index (χ1) is 8.09. The van der Waals surface area contributed by atoms with Gasteiger partial charge >= 0.3 is 0 Å². The molecule has 0 radical (unpaired) electrons. The van der Waals surface area contributed by atoms with E-state index in [1.165, 1.54) is 6.92 Å². The Morgan fingerprint density at radius 2 is 2.12 bits per heavy atom. The SMILES string of the molecule is CC(=O)N1CCc2ccccc2C1CC(=O)[O-]. The van der Waals surface area contributed by atoms with Crippen molar-refractivity contribution in [2.45, 2.75) is 25.8 Å². The van der Waals surface area contributed by atoms with E-state index in [-0.39, 0.29) is 18.4 Å². The maximum absolute atomic E-state index is 11.5. The average Bonchev–Trinajstić information content (AvgIpc) is 2.28. The van der Waals surface area contributed by atoms with E-state index >= 15 is 0 Å². The van der Waals surface area contributed by atoms with E-state index in [1.54, 1.807) is 4.90 Å². The number of fused-ring (bicyclic) bond motifs is 1. The molecule has 17 heavy (non-hydrogen) atoms. The Bertz CT molecular complexity index is 456. The molecule has 0 N–H and O–H groups in total. The zero-order valence-corrected chi connectivity index (χ0v) is 9.68. The molecular formula is C13H14NO3-. The van der Waals surface area contributed by atoms with E-state index in [2.05, 4.69) is 0 Å². The van der Waals surface area contributed by atoms with Crippen LogP contribution >= 0.6 is 0 Å². The van der Waals surface area contributed by atoms with Gasteiger partial charge in [-0.2, -0.15) is 0 Å². The van der Waals surface area contributed by atoms with Gasteiger partial charge in [0.2, 0.25) is 5.91 Å².